The van der Waals surface area contributed by atoms with Gasteiger partial charge in [-0.1, -0.05) is 31.5 Å². The quantitative estimate of drug-likeness (QED) is 0.711. The Bertz CT molecular complexity index is 605. The molecule has 6 nitrogen and oxygen atoms in total. The zero-order valence-electron chi connectivity index (χ0n) is 15.5. The fourth-order valence-electron chi connectivity index (χ4n) is 3.42. The number of ether oxygens (including phenoxy) is 1. The van der Waals surface area contributed by atoms with Crippen molar-refractivity contribution < 1.29 is 19.2 Å². The number of amides is 2. The number of piperidine rings is 1. The van der Waals surface area contributed by atoms with Gasteiger partial charge < -0.3 is 9.64 Å². The molecule has 1 fully saturated rings. The summed E-state index contributed by atoms with van der Waals surface area (Å²) in [6.07, 6.45) is 2.78. The van der Waals surface area contributed by atoms with Crippen molar-refractivity contribution in [3.05, 3.63) is 29.8 Å². The second-order valence-electron chi connectivity index (χ2n) is 6.29. The van der Waals surface area contributed by atoms with Gasteiger partial charge in [0.05, 0.1) is 26.2 Å². The molecular weight excluding hydrogens is 320 g/mol. The first-order chi connectivity index (χ1) is 12.0. The summed E-state index contributed by atoms with van der Waals surface area (Å²) in [6, 6.07) is 7.27. The molecule has 1 aliphatic heterocycles. The summed E-state index contributed by atoms with van der Waals surface area (Å²) in [4.78, 5) is 32.4. The van der Waals surface area contributed by atoms with Crippen molar-refractivity contribution in [2.75, 3.05) is 27.8 Å². The average Bonchev–Trinajstić information content (AvgIpc) is 2.65. The Morgan fingerprint density at radius 2 is 2.04 bits per heavy atom. The van der Waals surface area contributed by atoms with Crippen LogP contribution in [0.3, 0.4) is 0 Å². The topological polar surface area (TPSA) is 59.1 Å². The first-order valence-electron chi connectivity index (χ1n) is 8.79. The number of rotatable bonds is 7. The summed E-state index contributed by atoms with van der Waals surface area (Å²) >= 11 is 0. The van der Waals surface area contributed by atoms with E-state index in [4.69, 9.17) is 9.57 Å². The number of nitrogens with zero attached hydrogens (tertiary/aromatic N) is 2. The highest BCUT2D eigenvalue weighted by molar-refractivity contribution is 5.84. The molecule has 2 rings (SSSR count). The zero-order valence-corrected chi connectivity index (χ0v) is 15.5. The van der Waals surface area contributed by atoms with Gasteiger partial charge in [0, 0.05) is 25.6 Å². The first-order valence-corrected chi connectivity index (χ1v) is 8.79. The molecule has 2 amide bonds. The molecule has 0 aromatic heterocycles. The Balaban J connectivity index is 2.47. The van der Waals surface area contributed by atoms with Gasteiger partial charge >= 0.3 is 0 Å². The van der Waals surface area contributed by atoms with Crippen LogP contribution < -0.4 is 4.74 Å². The van der Waals surface area contributed by atoms with Crippen molar-refractivity contribution >= 4 is 11.8 Å². The van der Waals surface area contributed by atoms with Gasteiger partial charge in [0.25, 0.3) is 5.91 Å². The Labute approximate surface area is 149 Å². The third-order valence-corrected chi connectivity index (χ3v) is 4.82. The highest BCUT2D eigenvalue weighted by Crippen LogP contribution is 2.41. The number of unbranched alkanes of at least 4 members (excludes halogenated alkanes) is 1. The highest BCUT2D eigenvalue weighted by Gasteiger charge is 2.42. The summed E-state index contributed by atoms with van der Waals surface area (Å²) in [5.41, 5.74) is 0.872. The van der Waals surface area contributed by atoms with E-state index >= 15 is 0 Å². The molecule has 1 aromatic carbocycles. The van der Waals surface area contributed by atoms with Crippen molar-refractivity contribution in [1.82, 2.24) is 9.96 Å². The van der Waals surface area contributed by atoms with Crippen LogP contribution in [0, 0.1) is 5.92 Å². The standard InChI is InChI=1S/C19H28N2O4/c1-5-6-13-21-17(22)12-11-15(19(23)20(2)25-4)18(21)14-9-7-8-10-16(14)24-3/h7-10,15,18H,5-6,11-13H2,1-4H3. The molecule has 0 N–H and O–H groups in total. The first kappa shape index (κ1) is 19.2. The molecule has 0 radical (unpaired) electrons. The number of carbonyl (C=O) groups excluding carboxylic acids is 2. The molecule has 0 saturated carbocycles. The number of methoxy groups -OCH3 is 1. The minimum Gasteiger partial charge on any atom is -0.496 e. The van der Waals surface area contributed by atoms with E-state index in [9.17, 15) is 9.59 Å². The minimum atomic E-state index is -0.351. The van der Waals surface area contributed by atoms with Gasteiger partial charge in [0.2, 0.25) is 5.91 Å². The molecule has 6 heteroatoms. The van der Waals surface area contributed by atoms with E-state index in [0.29, 0.717) is 25.1 Å². The maximum absolute atomic E-state index is 12.9. The van der Waals surface area contributed by atoms with Gasteiger partial charge in [-0.3, -0.25) is 14.4 Å². The number of hydrogen-bond donors (Lipinski definition) is 0. The Kier molecular flexibility index (Phi) is 6.82. The predicted octanol–water partition coefficient (Wildman–Crippen LogP) is 2.79. The van der Waals surface area contributed by atoms with Gasteiger partial charge in [-0.15, -0.1) is 0 Å². The highest BCUT2D eigenvalue weighted by atomic mass is 16.7. The molecule has 2 unspecified atom stereocenters. The molecule has 0 aliphatic carbocycles. The molecule has 2 atom stereocenters. The third kappa shape index (κ3) is 4.12. The number of likely N-dealkylation sites (tertiary alicyclic amines) is 1. The van der Waals surface area contributed by atoms with Crippen LogP contribution in [0.25, 0.3) is 0 Å². The molecule has 138 valence electrons. The Morgan fingerprint density at radius 1 is 1.32 bits per heavy atom. The van der Waals surface area contributed by atoms with E-state index < -0.39 is 0 Å². The average molecular weight is 348 g/mol. The molecule has 25 heavy (non-hydrogen) atoms. The Morgan fingerprint density at radius 3 is 2.68 bits per heavy atom. The van der Waals surface area contributed by atoms with Crippen LogP contribution in [0.4, 0.5) is 0 Å². The summed E-state index contributed by atoms with van der Waals surface area (Å²) in [7, 11) is 4.69. The van der Waals surface area contributed by atoms with Crippen molar-refractivity contribution in [1.29, 1.82) is 0 Å². The smallest absolute Gasteiger partial charge is 0.251 e. The van der Waals surface area contributed by atoms with Gasteiger partial charge in [-0.05, 0) is 18.9 Å². The van der Waals surface area contributed by atoms with Gasteiger partial charge in [-0.2, -0.15) is 0 Å². The number of benzene rings is 1. The SMILES string of the molecule is CCCCN1C(=O)CCC(C(=O)N(C)OC)C1c1ccccc1OC. The lowest BCUT2D eigenvalue weighted by molar-refractivity contribution is -0.178. The summed E-state index contributed by atoms with van der Waals surface area (Å²) < 4.78 is 5.51. The van der Waals surface area contributed by atoms with Crippen molar-refractivity contribution in [3.63, 3.8) is 0 Å². The van der Waals surface area contributed by atoms with Gasteiger partial charge in [0.1, 0.15) is 5.75 Å². The van der Waals surface area contributed by atoms with Crippen molar-refractivity contribution in [3.8, 4) is 5.75 Å². The maximum Gasteiger partial charge on any atom is 0.251 e. The lowest BCUT2D eigenvalue weighted by Crippen LogP contribution is -2.48. The van der Waals surface area contributed by atoms with Crippen LogP contribution in [-0.4, -0.2) is 49.6 Å². The van der Waals surface area contributed by atoms with E-state index in [1.807, 2.05) is 29.2 Å². The number of hydroxylamine groups is 2. The Hall–Kier alpha value is -2.08. The van der Waals surface area contributed by atoms with Crippen LogP contribution in [0.2, 0.25) is 0 Å². The number of para-hydroxylation sites is 1. The lowest BCUT2D eigenvalue weighted by Gasteiger charge is -2.42. The van der Waals surface area contributed by atoms with E-state index in [-0.39, 0.29) is 23.8 Å². The summed E-state index contributed by atoms with van der Waals surface area (Å²) in [5.74, 6) is 0.318. The van der Waals surface area contributed by atoms with E-state index in [1.165, 1.54) is 12.2 Å². The van der Waals surface area contributed by atoms with Crippen LogP contribution in [-0.2, 0) is 14.4 Å². The molecule has 0 spiro atoms. The minimum absolute atomic E-state index is 0.0912. The van der Waals surface area contributed by atoms with Crippen LogP contribution in [0.5, 0.6) is 5.75 Å². The number of carbonyl (C=O) groups is 2. The largest absolute Gasteiger partial charge is 0.496 e. The second-order valence-corrected chi connectivity index (χ2v) is 6.29. The molecule has 1 saturated heterocycles. The van der Waals surface area contributed by atoms with Gasteiger partial charge in [0.15, 0.2) is 0 Å². The molecule has 0 bridgehead atoms. The fraction of sp³-hybridized carbons (Fsp3) is 0.579. The maximum atomic E-state index is 12.9. The van der Waals surface area contributed by atoms with E-state index in [1.54, 1.807) is 14.2 Å². The van der Waals surface area contributed by atoms with Crippen molar-refractivity contribution in [2.45, 2.75) is 38.6 Å². The summed E-state index contributed by atoms with van der Waals surface area (Å²) in [5, 5.41) is 1.25. The molecule has 1 aliphatic rings. The fourth-order valence-corrected chi connectivity index (χ4v) is 3.42. The lowest BCUT2D eigenvalue weighted by atomic mass is 9.83. The van der Waals surface area contributed by atoms with Crippen LogP contribution in [0.15, 0.2) is 24.3 Å². The number of hydrogen-bond acceptors (Lipinski definition) is 4. The van der Waals surface area contributed by atoms with Crippen LogP contribution in [0.1, 0.15) is 44.2 Å². The zero-order chi connectivity index (χ0) is 18.4. The third-order valence-electron chi connectivity index (χ3n) is 4.82. The summed E-state index contributed by atoms with van der Waals surface area (Å²) in [6.45, 7) is 2.73. The van der Waals surface area contributed by atoms with Gasteiger partial charge in [-0.25, -0.2) is 5.06 Å². The molecule has 1 aromatic rings. The van der Waals surface area contributed by atoms with E-state index in [0.717, 1.165) is 18.4 Å². The molecule has 1 heterocycles. The normalized spacial score (nSPS) is 20.5. The van der Waals surface area contributed by atoms with Crippen molar-refractivity contribution in [2.24, 2.45) is 5.92 Å². The van der Waals surface area contributed by atoms with E-state index in [2.05, 4.69) is 6.92 Å². The van der Waals surface area contributed by atoms with Crippen LogP contribution >= 0.6 is 0 Å². The second kappa shape index (κ2) is 8.85. The monoisotopic (exact) mass is 348 g/mol. The predicted molar refractivity (Wildman–Crippen MR) is 94.9 cm³/mol. The molecular formula is C19H28N2O4.